The number of anilines is 2. The number of nitrogens with zero attached hydrogens (tertiary/aromatic N) is 3. The summed E-state index contributed by atoms with van der Waals surface area (Å²) in [5.74, 6) is 1.70. The van der Waals surface area contributed by atoms with E-state index in [-0.39, 0.29) is 0 Å². The third kappa shape index (κ3) is 2.92. The maximum atomic E-state index is 5.14. The zero-order valence-corrected chi connectivity index (χ0v) is 14.2. The molecule has 0 radical (unpaired) electrons. The lowest BCUT2D eigenvalue weighted by atomic mass is 10.1. The van der Waals surface area contributed by atoms with Gasteiger partial charge in [0.15, 0.2) is 0 Å². The van der Waals surface area contributed by atoms with Crippen LogP contribution in [0.3, 0.4) is 0 Å². The van der Waals surface area contributed by atoms with Crippen molar-refractivity contribution in [2.24, 2.45) is 0 Å². The Balaban J connectivity index is 1.50. The van der Waals surface area contributed by atoms with Gasteiger partial charge < -0.3 is 15.0 Å². The molecule has 1 aromatic carbocycles. The topological polar surface area (TPSA) is 50.3 Å². The summed E-state index contributed by atoms with van der Waals surface area (Å²) in [6.45, 7) is 2.53. The first-order valence-corrected chi connectivity index (χ1v) is 8.61. The highest BCUT2D eigenvalue weighted by molar-refractivity contribution is 7.05. The van der Waals surface area contributed by atoms with Crippen molar-refractivity contribution in [3.63, 3.8) is 0 Å². The average molecular weight is 338 g/mol. The largest absolute Gasteiger partial charge is 0.480 e. The Hall–Kier alpha value is -2.60. The number of benzene rings is 1. The van der Waals surface area contributed by atoms with E-state index in [0.29, 0.717) is 5.88 Å². The maximum Gasteiger partial charge on any atom is 0.225 e. The van der Waals surface area contributed by atoms with Gasteiger partial charge in [-0.2, -0.15) is 4.37 Å². The molecule has 0 atom stereocenters. The Labute approximate surface area is 145 Å². The van der Waals surface area contributed by atoms with E-state index >= 15 is 0 Å². The monoisotopic (exact) mass is 338 g/mol. The predicted molar refractivity (Wildman–Crippen MR) is 96.6 cm³/mol. The van der Waals surface area contributed by atoms with Gasteiger partial charge in [-0.1, -0.05) is 18.2 Å². The van der Waals surface area contributed by atoms with Gasteiger partial charge in [0, 0.05) is 35.9 Å². The van der Waals surface area contributed by atoms with Crippen LogP contribution in [0, 0.1) is 0 Å². The highest BCUT2D eigenvalue weighted by Crippen LogP contribution is 2.32. The zero-order valence-electron chi connectivity index (χ0n) is 13.4. The molecule has 1 N–H and O–H groups in total. The van der Waals surface area contributed by atoms with E-state index < -0.39 is 0 Å². The maximum absolute atomic E-state index is 5.14. The first-order valence-electron chi connectivity index (χ1n) is 7.83. The van der Waals surface area contributed by atoms with E-state index in [1.807, 2.05) is 24.4 Å². The van der Waals surface area contributed by atoms with Crippen molar-refractivity contribution in [3.8, 4) is 5.88 Å². The Bertz CT molecular complexity index is 834. The van der Waals surface area contributed by atoms with Gasteiger partial charge in [0.25, 0.3) is 0 Å². The molecule has 3 heterocycles. The molecule has 0 fully saturated rings. The van der Waals surface area contributed by atoms with Crippen molar-refractivity contribution in [2.75, 3.05) is 17.3 Å². The quantitative estimate of drug-likeness (QED) is 0.769. The van der Waals surface area contributed by atoms with Crippen molar-refractivity contribution in [2.45, 2.75) is 19.6 Å². The van der Waals surface area contributed by atoms with E-state index in [0.717, 1.165) is 30.3 Å². The molecule has 0 spiro atoms. The second-order valence-corrected chi connectivity index (χ2v) is 6.57. The number of nitrogens with one attached hydrogen (secondary N) is 1. The van der Waals surface area contributed by atoms with Gasteiger partial charge in [0.2, 0.25) is 5.88 Å². The molecule has 1 aliphatic rings. The predicted octanol–water partition coefficient (Wildman–Crippen LogP) is 3.68. The van der Waals surface area contributed by atoms with Crippen LogP contribution in [-0.4, -0.2) is 16.5 Å². The second-order valence-electron chi connectivity index (χ2n) is 5.68. The Morgan fingerprint density at radius 1 is 1.21 bits per heavy atom. The minimum Gasteiger partial charge on any atom is -0.480 e. The van der Waals surface area contributed by atoms with Gasteiger partial charge >= 0.3 is 0 Å². The molecule has 0 aliphatic carbocycles. The average Bonchev–Trinajstić information content (AvgIpc) is 3.27. The normalized spacial score (nSPS) is 13.0. The lowest BCUT2D eigenvalue weighted by molar-refractivity contribution is 0.402. The van der Waals surface area contributed by atoms with E-state index in [9.17, 15) is 0 Å². The SMILES string of the molecule is COc1cc(CNc2cccc3c2CN(c2ccccn2)C3)sn1. The van der Waals surface area contributed by atoms with Crippen LogP contribution < -0.4 is 15.0 Å². The second kappa shape index (κ2) is 6.49. The molecule has 3 aromatic rings. The number of rotatable bonds is 5. The summed E-state index contributed by atoms with van der Waals surface area (Å²) in [6.07, 6.45) is 1.84. The fraction of sp³-hybridized carbons (Fsp3) is 0.222. The van der Waals surface area contributed by atoms with Crippen LogP contribution in [0.2, 0.25) is 0 Å². The summed E-state index contributed by atoms with van der Waals surface area (Å²) in [5.41, 5.74) is 3.88. The molecule has 24 heavy (non-hydrogen) atoms. The molecule has 0 unspecified atom stereocenters. The van der Waals surface area contributed by atoms with Crippen molar-refractivity contribution >= 4 is 23.0 Å². The Morgan fingerprint density at radius 2 is 2.17 bits per heavy atom. The van der Waals surface area contributed by atoms with Gasteiger partial charge in [0.05, 0.1) is 13.7 Å². The number of methoxy groups -OCH3 is 1. The summed E-state index contributed by atoms with van der Waals surface area (Å²) >= 11 is 1.47. The smallest absolute Gasteiger partial charge is 0.225 e. The fourth-order valence-electron chi connectivity index (χ4n) is 2.95. The third-order valence-corrected chi connectivity index (χ3v) is 4.92. The Kier molecular flexibility index (Phi) is 4.04. The molecule has 0 bridgehead atoms. The van der Waals surface area contributed by atoms with Gasteiger partial charge in [-0.3, -0.25) is 0 Å². The van der Waals surface area contributed by atoms with Crippen LogP contribution in [0.1, 0.15) is 16.0 Å². The molecular weight excluding hydrogens is 320 g/mol. The van der Waals surface area contributed by atoms with Crippen LogP contribution >= 0.6 is 11.5 Å². The highest BCUT2D eigenvalue weighted by atomic mass is 32.1. The fourth-order valence-corrected chi connectivity index (χ4v) is 3.57. The summed E-state index contributed by atoms with van der Waals surface area (Å²) in [4.78, 5) is 7.92. The third-order valence-electron chi connectivity index (χ3n) is 4.16. The molecule has 0 saturated heterocycles. The number of hydrogen-bond acceptors (Lipinski definition) is 6. The number of fused-ring (bicyclic) bond motifs is 1. The molecule has 0 amide bonds. The van der Waals surface area contributed by atoms with Gasteiger partial charge in [0.1, 0.15) is 5.82 Å². The molecule has 6 heteroatoms. The number of aromatic nitrogens is 2. The number of ether oxygens (including phenoxy) is 1. The van der Waals surface area contributed by atoms with Crippen LogP contribution in [0.4, 0.5) is 11.5 Å². The number of pyridine rings is 1. The first-order chi connectivity index (χ1) is 11.8. The highest BCUT2D eigenvalue weighted by Gasteiger charge is 2.22. The number of hydrogen-bond donors (Lipinski definition) is 1. The summed E-state index contributed by atoms with van der Waals surface area (Å²) in [6, 6.07) is 14.4. The summed E-state index contributed by atoms with van der Waals surface area (Å²) in [7, 11) is 1.64. The van der Waals surface area contributed by atoms with Gasteiger partial charge in [-0.05, 0) is 40.9 Å². The van der Waals surface area contributed by atoms with Crippen LogP contribution in [0.5, 0.6) is 5.88 Å². The molecule has 1 aliphatic heterocycles. The van der Waals surface area contributed by atoms with E-state index in [1.165, 1.54) is 28.3 Å². The van der Waals surface area contributed by atoms with Crippen LogP contribution in [0.15, 0.2) is 48.7 Å². The molecule has 122 valence electrons. The van der Waals surface area contributed by atoms with Crippen LogP contribution in [-0.2, 0) is 19.6 Å². The standard InChI is InChI=1S/C18H18N4OS/c1-23-18-9-14(24-21-18)10-20-16-6-4-5-13-11-22(12-15(13)16)17-7-2-3-8-19-17/h2-9,20H,10-12H2,1H3. The first kappa shape index (κ1) is 15.0. The molecule has 2 aromatic heterocycles. The van der Waals surface area contributed by atoms with E-state index in [1.54, 1.807) is 7.11 Å². The van der Waals surface area contributed by atoms with Crippen molar-refractivity contribution in [3.05, 3.63) is 64.7 Å². The van der Waals surface area contributed by atoms with Crippen LogP contribution in [0.25, 0.3) is 0 Å². The minimum atomic E-state index is 0.677. The molecule has 5 nitrogen and oxygen atoms in total. The van der Waals surface area contributed by atoms with Gasteiger partial charge in [-0.25, -0.2) is 4.98 Å². The zero-order chi connectivity index (χ0) is 16.4. The van der Waals surface area contributed by atoms with E-state index in [4.69, 9.17) is 4.74 Å². The van der Waals surface area contributed by atoms with Crippen molar-refractivity contribution < 1.29 is 4.74 Å². The van der Waals surface area contributed by atoms with Gasteiger partial charge in [-0.15, -0.1) is 0 Å². The lowest BCUT2D eigenvalue weighted by Crippen LogP contribution is -2.15. The molecule has 4 rings (SSSR count). The Morgan fingerprint density at radius 3 is 2.96 bits per heavy atom. The lowest BCUT2D eigenvalue weighted by Gasteiger charge is -2.16. The molecule has 0 saturated carbocycles. The summed E-state index contributed by atoms with van der Waals surface area (Å²) < 4.78 is 9.38. The van der Waals surface area contributed by atoms with Crippen molar-refractivity contribution in [1.29, 1.82) is 0 Å². The van der Waals surface area contributed by atoms with E-state index in [2.05, 4.69) is 43.8 Å². The summed E-state index contributed by atoms with van der Waals surface area (Å²) in [5, 5.41) is 3.54. The van der Waals surface area contributed by atoms with Crippen molar-refractivity contribution in [1.82, 2.24) is 9.36 Å². The molecular formula is C18H18N4OS. The minimum absolute atomic E-state index is 0.677.